The van der Waals surface area contributed by atoms with Gasteiger partial charge in [-0.05, 0) is 45.4 Å². The van der Waals surface area contributed by atoms with Crippen LogP contribution in [0.15, 0.2) is 18.2 Å². The standard InChI is InChI=1S/C16H22N2O3/c1-12-6-7-14(10-13(12)11-17)20-9-8-18(5)15(19)21-16(2,3)4/h6-7,10H,8-9H2,1-5H3. The van der Waals surface area contributed by atoms with Crippen LogP contribution < -0.4 is 4.74 Å². The number of rotatable bonds is 4. The van der Waals surface area contributed by atoms with Crippen LogP contribution in [0.25, 0.3) is 0 Å². The van der Waals surface area contributed by atoms with Crippen LogP contribution >= 0.6 is 0 Å². The average Bonchev–Trinajstić information content (AvgIpc) is 2.38. The third-order valence-corrected chi connectivity index (χ3v) is 2.73. The molecular formula is C16H22N2O3. The molecule has 0 aliphatic rings. The van der Waals surface area contributed by atoms with Crippen molar-refractivity contribution in [3.05, 3.63) is 29.3 Å². The smallest absolute Gasteiger partial charge is 0.410 e. The lowest BCUT2D eigenvalue weighted by atomic mass is 10.1. The van der Waals surface area contributed by atoms with Crippen LogP contribution in [0.3, 0.4) is 0 Å². The molecule has 1 rings (SSSR count). The van der Waals surface area contributed by atoms with Crippen molar-refractivity contribution in [2.45, 2.75) is 33.3 Å². The number of ether oxygens (including phenoxy) is 2. The summed E-state index contributed by atoms with van der Waals surface area (Å²) in [5, 5.41) is 8.96. The molecule has 21 heavy (non-hydrogen) atoms. The molecule has 114 valence electrons. The normalized spacial score (nSPS) is 10.7. The van der Waals surface area contributed by atoms with E-state index < -0.39 is 5.60 Å². The second kappa shape index (κ2) is 6.98. The van der Waals surface area contributed by atoms with Gasteiger partial charge in [-0.3, -0.25) is 0 Å². The van der Waals surface area contributed by atoms with E-state index in [1.54, 1.807) is 13.1 Å². The third-order valence-electron chi connectivity index (χ3n) is 2.73. The molecule has 1 amide bonds. The minimum absolute atomic E-state index is 0.337. The number of benzene rings is 1. The predicted molar refractivity (Wildman–Crippen MR) is 80.3 cm³/mol. The first-order chi connectivity index (χ1) is 9.73. The summed E-state index contributed by atoms with van der Waals surface area (Å²) in [5.74, 6) is 0.620. The lowest BCUT2D eigenvalue weighted by Gasteiger charge is -2.24. The molecule has 1 aromatic carbocycles. The van der Waals surface area contributed by atoms with E-state index >= 15 is 0 Å². The van der Waals surface area contributed by atoms with Gasteiger partial charge in [0.25, 0.3) is 0 Å². The van der Waals surface area contributed by atoms with Gasteiger partial charge in [0.1, 0.15) is 18.0 Å². The lowest BCUT2D eigenvalue weighted by molar-refractivity contribution is 0.0278. The van der Waals surface area contributed by atoms with Crippen molar-refractivity contribution in [3.63, 3.8) is 0 Å². The van der Waals surface area contributed by atoms with E-state index in [2.05, 4.69) is 6.07 Å². The highest BCUT2D eigenvalue weighted by molar-refractivity contribution is 5.67. The fourth-order valence-electron chi connectivity index (χ4n) is 1.54. The molecular weight excluding hydrogens is 268 g/mol. The minimum atomic E-state index is -0.509. The molecule has 0 N–H and O–H groups in total. The summed E-state index contributed by atoms with van der Waals surface area (Å²) in [6.45, 7) is 8.09. The van der Waals surface area contributed by atoms with E-state index in [1.165, 1.54) is 4.90 Å². The van der Waals surface area contributed by atoms with E-state index in [0.29, 0.717) is 24.5 Å². The Kier molecular flexibility index (Phi) is 5.60. The van der Waals surface area contributed by atoms with Gasteiger partial charge < -0.3 is 14.4 Å². The van der Waals surface area contributed by atoms with Crippen molar-refractivity contribution >= 4 is 6.09 Å². The zero-order valence-corrected chi connectivity index (χ0v) is 13.3. The van der Waals surface area contributed by atoms with Crippen LogP contribution in [0, 0.1) is 18.3 Å². The Morgan fingerprint density at radius 1 is 1.38 bits per heavy atom. The first kappa shape index (κ1) is 16.8. The summed E-state index contributed by atoms with van der Waals surface area (Å²) in [5.41, 5.74) is 0.994. The van der Waals surface area contributed by atoms with E-state index in [1.807, 2.05) is 39.8 Å². The zero-order chi connectivity index (χ0) is 16.0. The van der Waals surface area contributed by atoms with E-state index in [0.717, 1.165) is 5.56 Å². The second-order valence-corrected chi connectivity index (χ2v) is 5.84. The molecule has 0 spiro atoms. The molecule has 0 saturated heterocycles. The van der Waals surface area contributed by atoms with Crippen molar-refractivity contribution in [1.29, 1.82) is 5.26 Å². The Morgan fingerprint density at radius 2 is 2.05 bits per heavy atom. The summed E-state index contributed by atoms with van der Waals surface area (Å²) in [6, 6.07) is 7.46. The number of nitriles is 1. The molecule has 0 unspecified atom stereocenters. The van der Waals surface area contributed by atoms with E-state index in [9.17, 15) is 4.79 Å². The second-order valence-electron chi connectivity index (χ2n) is 5.84. The SMILES string of the molecule is Cc1ccc(OCCN(C)C(=O)OC(C)(C)C)cc1C#N. The Morgan fingerprint density at radius 3 is 2.62 bits per heavy atom. The third kappa shape index (κ3) is 5.74. The van der Waals surface area contributed by atoms with Crippen molar-refractivity contribution in [2.75, 3.05) is 20.2 Å². The van der Waals surface area contributed by atoms with Gasteiger partial charge in [-0.15, -0.1) is 0 Å². The molecule has 5 nitrogen and oxygen atoms in total. The molecule has 5 heteroatoms. The summed E-state index contributed by atoms with van der Waals surface area (Å²) < 4.78 is 10.8. The van der Waals surface area contributed by atoms with Crippen LogP contribution in [-0.2, 0) is 4.74 Å². The van der Waals surface area contributed by atoms with Crippen LogP contribution in [0.1, 0.15) is 31.9 Å². The number of likely N-dealkylation sites (N-methyl/N-ethyl adjacent to an activating group) is 1. The summed E-state index contributed by atoms with van der Waals surface area (Å²) in [6.07, 6.45) is -0.382. The molecule has 0 saturated carbocycles. The molecule has 0 bridgehead atoms. The van der Waals surface area contributed by atoms with Crippen LogP contribution in [0.5, 0.6) is 5.75 Å². The highest BCUT2D eigenvalue weighted by Crippen LogP contribution is 2.16. The van der Waals surface area contributed by atoms with Gasteiger partial charge >= 0.3 is 6.09 Å². The molecule has 0 aromatic heterocycles. The first-order valence-corrected chi connectivity index (χ1v) is 6.80. The van der Waals surface area contributed by atoms with E-state index in [4.69, 9.17) is 14.7 Å². The van der Waals surface area contributed by atoms with Crippen molar-refractivity contribution < 1.29 is 14.3 Å². The zero-order valence-electron chi connectivity index (χ0n) is 13.3. The molecule has 0 aliphatic heterocycles. The first-order valence-electron chi connectivity index (χ1n) is 6.80. The highest BCUT2D eigenvalue weighted by Gasteiger charge is 2.19. The fourth-order valence-corrected chi connectivity index (χ4v) is 1.54. The minimum Gasteiger partial charge on any atom is -0.492 e. The van der Waals surface area contributed by atoms with Crippen molar-refractivity contribution in [3.8, 4) is 11.8 Å². The average molecular weight is 290 g/mol. The number of amides is 1. The number of carbonyl (C=O) groups is 1. The Bertz CT molecular complexity index is 541. The van der Waals surface area contributed by atoms with Crippen LogP contribution in [0.4, 0.5) is 4.79 Å². The Labute approximate surface area is 126 Å². The molecule has 0 atom stereocenters. The maximum Gasteiger partial charge on any atom is 0.410 e. The summed E-state index contributed by atoms with van der Waals surface area (Å²) >= 11 is 0. The monoisotopic (exact) mass is 290 g/mol. The van der Waals surface area contributed by atoms with Gasteiger partial charge in [0, 0.05) is 7.05 Å². The number of hydrogen-bond acceptors (Lipinski definition) is 4. The molecule has 0 fully saturated rings. The number of carbonyl (C=O) groups excluding carboxylic acids is 1. The van der Waals surface area contributed by atoms with Crippen molar-refractivity contribution in [1.82, 2.24) is 4.90 Å². The maximum absolute atomic E-state index is 11.8. The topological polar surface area (TPSA) is 62.6 Å². The van der Waals surface area contributed by atoms with Gasteiger partial charge in [-0.1, -0.05) is 6.07 Å². The molecule has 0 aliphatic carbocycles. The summed E-state index contributed by atoms with van der Waals surface area (Å²) in [4.78, 5) is 13.2. The number of hydrogen-bond donors (Lipinski definition) is 0. The van der Waals surface area contributed by atoms with Crippen molar-refractivity contribution in [2.24, 2.45) is 0 Å². The van der Waals surface area contributed by atoms with Gasteiger partial charge in [0.15, 0.2) is 0 Å². The summed E-state index contributed by atoms with van der Waals surface area (Å²) in [7, 11) is 1.66. The largest absolute Gasteiger partial charge is 0.492 e. The maximum atomic E-state index is 11.8. The Balaban J connectivity index is 2.47. The van der Waals surface area contributed by atoms with Gasteiger partial charge in [0.2, 0.25) is 0 Å². The molecule has 0 radical (unpaired) electrons. The lowest BCUT2D eigenvalue weighted by Crippen LogP contribution is -2.36. The van der Waals surface area contributed by atoms with Gasteiger partial charge in [-0.2, -0.15) is 5.26 Å². The van der Waals surface area contributed by atoms with Gasteiger partial charge in [0.05, 0.1) is 18.2 Å². The molecule has 0 heterocycles. The quantitative estimate of drug-likeness (QED) is 0.854. The van der Waals surface area contributed by atoms with Gasteiger partial charge in [-0.25, -0.2) is 4.79 Å². The van der Waals surface area contributed by atoms with E-state index in [-0.39, 0.29) is 6.09 Å². The Hall–Kier alpha value is -2.22. The number of nitrogens with zero attached hydrogens (tertiary/aromatic N) is 2. The highest BCUT2D eigenvalue weighted by atomic mass is 16.6. The predicted octanol–water partition coefficient (Wildman–Crippen LogP) is 3.11. The molecule has 1 aromatic rings. The van der Waals surface area contributed by atoms with Crippen LogP contribution in [0.2, 0.25) is 0 Å². The van der Waals surface area contributed by atoms with Crippen LogP contribution in [-0.4, -0.2) is 36.8 Å². The number of aryl methyl sites for hydroxylation is 1. The fraction of sp³-hybridized carbons (Fsp3) is 0.500.